The number of amides is 1. The molecule has 1 fully saturated rings. The minimum atomic E-state index is -2.98. The molecule has 4 nitrogen and oxygen atoms in total. The smallest absolute Gasteiger partial charge is 0.252 e. The van der Waals surface area contributed by atoms with Crippen molar-refractivity contribution in [3.05, 3.63) is 64.2 Å². The number of likely N-dealkylation sites (tertiary alicyclic amines) is 1. The molecule has 1 atom stereocenters. The number of halogens is 3. The van der Waals surface area contributed by atoms with E-state index in [1.807, 2.05) is 0 Å². The Morgan fingerprint density at radius 3 is 2.31 bits per heavy atom. The Morgan fingerprint density at radius 1 is 1.14 bits per heavy atom. The van der Waals surface area contributed by atoms with Gasteiger partial charge in [0.15, 0.2) is 0 Å². The monoisotopic (exact) mass is 473 g/mol. The van der Waals surface area contributed by atoms with Crippen molar-refractivity contribution in [2.75, 3.05) is 6.54 Å². The molecule has 1 aliphatic heterocycles. The van der Waals surface area contributed by atoms with Gasteiger partial charge in [0.1, 0.15) is 11.5 Å². The van der Waals surface area contributed by atoms with Crippen LogP contribution >= 0.6 is 11.6 Å². The van der Waals surface area contributed by atoms with Gasteiger partial charge in [-0.1, -0.05) is 17.7 Å². The SMILES string of the molecule is [B]C([B])(NC([B])([B])C1(F)CC([B])([B])N(C(=O)c2ccc(F)c(Cl)c2)CC1([B])[B])c1ccc(C)cn1. The van der Waals surface area contributed by atoms with Crippen LogP contribution in [0, 0.1) is 12.7 Å². The summed E-state index contributed by atoms with van der Waals surface area (Å²) in [5, 5.41) is -7.19. The third kappa shape index (κ3) is 5.16. The van der Waals surface area contributed by atoms with Gasteiger partial charge in [0, 0.05) is 24.0 Å². The van der Waals surface area contributed by atoms with Crippen LogP contribution in [0.15, 0.2) is 36.5 Å². The maximum absolute atomic E-state index is 16.6. The number of piperidine rings is 1. The topological polar surface area (TPSA) is 45.2 Å². The molecule has 160 valence electrons. The van der Waals surface area contributed by atoms with Crippen LogP contribution in [0.3, 0.4) is 0 Å². The second-order valence-electron chi connectivity index (χ2n) is 9.11. The number of carbonyl (C=O) groups is 1. The van der Waals surface area contributed by atoms with E-state index in [2.05, 4.69) is 10.3 Å². The number of benzene rings is 1. The van der Waals surface area contributed by atoms with Crippen LogP contribution in [0.4, 0.5) is 8.78 Å². The fourth-order valence-electron chi connectivity index (χ4n) is 3.98. The molecule has 1 saturated heterocycles. The van der Waals surface area contributed by atoms with Crippen LogP contribution in [-0.4, -0.2) is 101 Å². The summed E-state index contributed by atoms with van der Waals surface area (Å²) in [5.74, 6) is -1.58. The Morgan fingerprint density at radius 2 is 1.77 bits per heavy atom. The molecule has 1 N–H and O–H groups in total. The summed E-state index contributed by atoms with van der Waals surface area (Å²) < 4.78 is 30.2. The van der Waals surface area contributed by atoms with E-state index >= 15 is 4.39 Å². The van der Waals surface area contributed by atoms with E-state index < -0.39 is 51.6 Å². The molecule has 0 spiro atoms. The number of aromatic nitrogens is 1. The molecule has 1 amide bonds. The van der Waals surface area contributed by atoms with Crippen LogP contribution in [0.1, 0.15) is 28.0 Å². The van der Waals surface area contributed by atoms with E-state index in [0.717, 1.165) is 28.7 Å². The van der Waals surface area contributed by atoms with E-state index in [-0.39, 0.29) is 16.3 Å². The molecule has 1 unspecified atom stereocenters. The molecule has 35 heavy (non-hydrogen) atoms. The summed E-state index contributed by atoms with van der Waals surface area (Å²) in [6, 6.07) is 6.35. The predicted molar refractivity (Wildman–Crippen MR) is 139 cm³/mol. The highest BCUT2D eigenvalue weighted by Gasteiger charge is 2.61. The van der Waals surface area contributed by atoms with Crippen LogP contribution in [0.25, 0.3) is 0 Å². The van der Waals surface area contributed by atoms with E-state index in [9.17, 15) is 9.18 Å². The summed E-state index contributed by atoms with van der Waals surface area (Å²) in [6.07, 6.45) is 0.545. The normalized spacial score (nSPS) is 22.0. The number of hydrogen-bond donors (Lipinski definition) is 1. The number of hydrogen-bond acceptors (Lipinski definition) is 3. The summed E-state index contributed by atoms with van der Waals surface area (Å²) in [6.45, 7) is 1.05. The van der Waals surface area contributed by atoms with Crippen LogP contribution in [-0.2, 0) is 5.34 Å². The zero-order valence-corrected chi connectivity index (χ0v) is 19.7. The molecule has 0 aliphatic carbocycles. The van der Waals surface area contributed by atoms with E-state index in [0.29, 0.717) is 0 Å². The van der Waals surface area contributed by atoms with Crippen molar-refractivity contribution >= 4 is 80.3 Å². The number of pyridine rings is 1. The van der Waals surface area contributed by atoms with Crippen LogP contribution in [0.5, 0.6) is 0 Å². The minimum absolute atomic E-state index is 0.0826. The van der Waals surface area contributed by atoms with Gasteiger partial charge in [0.05, 0.1) is 67.8 Å². The third-order valence-electron chi connectivity index (χ3n) is 6.00. The molecular weight excluding hydrogens is 458 g/mol. The first-order valence-electron chi connectivity index (χ1n) is 10.3. The van der Waals surface area contributed by atoms with Crippen molar-refractivity contribution in [1.29, 1.82) is 0 Å². The molecule has 1 aromatic heterocycles. The predicted octanol–water partition coefficient (Wildman–Crippen LogP) is -0.0914. The standard InChI is InChI=1S/C20H14B8ClF2N3O/c1-10-2-5-14(32-7-10)19(25,26)33-20(27,28)16(31)8-18(23,24)34(9-17(16,21)22)15(35)11-3-4-13(30)12(29)6-11/h2-7,33H,8-9H2,1H3. The van der Waals surface area contributed by atoms with E-state index in [4.69, 9.17) is 74.4 Å². The Kier molecular flexibility index (Phi) is 7.29. The number of aryl methyl sites for hydroxylation is 1. The molecule has 2 heterocycles. The Hall–Kier alpha value is -1.53. The first-order chi connectivity index (χ1) is 15.8. The first-order valence-corrected chi connectivity index (χ1v) is 10.7. The number of rotatable bonds is 5. The summed E-state index contributed by atoms with van der Waals surface area (Å²) in [5.41, 5.74) is -2.16. The van der Waals surface area contributed by atoms with Crippen molar-refractivity contribution in [1.82, 2.24) is 15.2 Å². The maximum Gasteiger partial charge on any atom is 0.252 e. The van der Waals surface area contributed by atoms with E-state index in [1.54, 1.807) is 13.0 Å². The van der Waals surface area contributed by atoms with Crippen molar-refractivity contribution in [3.63, 3.8) is 0 Å². The van der Waals surface area contributed by atoms with Crippen LogP contribution in [0.2, 0.25) is 10.2 Å². The fourth-order valence-corrected chi connectivity index (χ4v) is 4.16. The summed E-state index contributed by atoms with van der Waals surface area (Å²) in [7, 11) is 48.9. The van der Waals surface area contributed by atoms with Gasteiger partial charge in [-0.15, -0.1) is 0 Å². The molecule has 1 aromatic carbocycles. The zero-order valence-electron chi connectivity index (χ0n) is 18.9. The molecule has 15 heteroatoms. The maximum atomic E-state index is 16.6. The first kappa shape index (κ1) is 28.0. The molecule has 0 saturated carbocycles. The van der Waals surface area contributed by atoms with Gasteiger partial charge < -0.3 is 10.2 Å². The lowest BCUT2D eigenvalue weighted by Crippen LogP contribution is -2.78. The Labute approximate surface area is 219 Å². The third-order valence-corrected chi connectivity index (χ3v) is 6.29. The molecule has 2 aromatic rings. The molecule has 0 bridgehead atoms. The second kappa shape index (κ2) is 9.09. The minimum Gasteiger partial charge on any atom is -0.351 e. The highest BCUT2D eigenvalue weighted by Crippen LogP contribution is 2.52. The number of nitrogens with one attached hydrogen (secondary N) is 1. The highest BCUT2D eigenvalue weighted by molar-refractivity contribution is 6.49. The lowest BCUT2D eigenvalue weighted by atomic mass is 9.31. The quantitative estimate of drug-likeness (QED) is 0.620. The Bertz CT molecular complexity index is 1140. The van der Waals surface area contributed by atoms with Gasteiger partial charge in [-0.3, -0.25) is 9.78 Å². The lowest BCUT2D eigenvalue weighted by molar-refractivity contribution is -0.00203. The van der Waals surface area contributed by atoms with Crippen molar-refractivity contribution in [3.8, 4) is 0 Å². The lowest BCUT2D eigenvalue weighted by Gasteiger charge is -2.64. The van der Waals surface area contributed by atoms with Crippen molar-refractivity contribution in [2.24, 2.45) is 0 Å². The summed E-state index contributed by atoms with van der Waals surface area (Å²) in [4.78, 5) is 18.0. The molecular formula is C20H14B8ClF2N3O. The molecule has 3 rings (SSSR count). The average molecular weight is 472 g/mol. The van der Waals surface area contributed by atoms with Gasteiger partial charge in [-0.25, -0.2) is 8.78 Å². The van der Waals surface area contributed by atoms with Crippen LogP contribution < -0.4 is 5.32 Å². The average Bonchev–Trinajstić information content (AvgIpc) is 2.71. The van der Waals surface area contributed by atoms with Crippen molar-refractivity contribution < 1.29 is 13.6 Å². The zero-order chi connectivity index (χ0) is 26.6. The Balaban J connectivity index is 1.94. The van der Waals surface area contributed by atoms with Gasteiger partial charge in [0.25, 0.3) is 5.91 Å². The fraction of sp³-hybridized carbons (Fsp3) is 0.400. The summed E-state index contributed by atoms with van der Waals surface area (Å²) >= 11 is 5.76. The number of alkyl halides is 1. The largest absolute Gasteiger partial charge is 0.351 e. The van der Waals surface area contributed by atoms with Gasteiger partial charge in [-0.05, 0) is 64.4 Å². The van der Waals surface area contributed by atoms with Gasteiger partial charge >= 0.3 is 0 Å². The second-order valence-corrected chi connectivity index (χ2v) is 9.52. The molecule has 16 radical (unpaired) electrons. The van der Waals surface area contributed by atoms with E-state index in [1.165, 1.54) is 12.3 Å². The highest BCUT2D eigenvalue weighted by atomic mass is 35.5. The number of carbonyl (C=O) groups excluding carboxylic acids is 1. The molecule has 1 aliphatic rings. The number of nitrogens with zero attached hydrogens (tertiary/aromatic N) is 2. The van der Waals surface area contributed by atoms with Gasteiger partial charge in [-0.2, -0.15) is 0 Å². The van der Waals surface area contributed by atoms with Gasteiger partial charge in [0.2, 0.25) is 0 Å². The van der Waals surface area contributed by atoms with Crippen molar-refractivity contribution in [2.45, 2.75) is 40.2 Å².